The van der Waals surface area contributed by atoms with E-state index in [1.54, 1.807) is 0 Å². The van der Waals surface area contributed by atoms with Crippen LogP contribution >= 0.6 is 15.9 Å². The summed E-state index contributed by atoms with van der Waals surface area (Å²) < 4.78 is 30.5. The van der Waals surface area contributed by atoms with Gasteiger partial charge in [0.05, 0.1) is 6.54 Å². The van der Waals surface area contributed by atoms with Gasteiger partial charge in [-0.05, 0) is 29.8 Å². The molecule has 0 aliphatic rings. The first-order chi connectivity index (χ1) is 12.5. The summed E-state index contributed by atoms with van der Waals surface area (Å²) in [6, 6.07) is 10.6. The quantitative estimate of drug-likeness (QED) is 0.513. The Hall–Kier alpha value is -2.94. The van der Waals surface area contributed by atoms with E-state index in [0.29, 0.717) is 6.54 Å². The van der Waals surface area contributed by atoms with Crippen LogP contribution in [-0.4, -0.2) is 24.5 Å². The van der Waals surface area contributed by atoms with Crippen molar-refractivity contribution < 1.29 is 8.78 Å². The largest absolute Gasteiger partial charge is 0.293 e. The third-order valence-electron chi connectivity index (χ3n) is 3.83. The molecule has 9 heteroatoms. The molecule has 0 spiro atoms. The molecule has 2 aromatic heterocycles. The zero-order valence-corrected chi connectivity index (χ0v) is 14.7. The van der Waals surface area contributed by atoms with Gasteiger partial charge in [0.25, 0.3) is 5.56 Å². The average molecular weight is 418 g/mol. The summed E-state index contributed by atoms with van der Waals surface area (Å²) in [7, 11) is 0. The van der Waals surface area contributed by atoms with Crippen molar-refractivity contribution in [3.63, 3.8) is 0 Å². The second-order valence-corrected chi connectivity index (χ2v) is 6.49. The summed E-state index contributed by atoms with van der Waals surface area (Å²) in [5.41, 5.74) is 0.590. The van der Waals surface area contributed by atoms with Gasteiger partial charge in [0, 0.05) is 10.5 Å². The third-order valence-corrected chi connectivity index (χ3v) is 4.36. The van der Waals surface area contributed by atoms with Crippen LogP contribution in [0.3, 0.4) is 0 Å². The lowest BCUT2D eigenvalue weighted by atomic mass is 10.2. The lowest BCUT2D eigenvalue weighted by Gasteiger charge is -2.06. The molecule has 0 aliphatic carbocycles. The zero-order valence-electron chi connectivity index (χ0n) is 13.1. The van der Waals surface area contributed by atoms with Crippen LogP contribution in [0.5, 0.6) is 0 Å². The topological polar surface area (TPSA) is 65.6 Å². The van der Waals surface area contributed by atoms with E-state index in [1.807, 2.05) is 24.3 Å². The number of hydrogen-bond acceptors (Lipinski definition) is 4. The Bertz CT molecular complexity index is 1170. The zero-order chi connectivity index (χ0) is 18.3. The van der Waals surface area contributed by atoms with E-state index in [0.717, 1.165) is 26.9 Å². The predicted octanol–water partition coefficient (Wildman–Crippen LogP) is 3.07. The van der Waals surface area contributed by atoms with Gasteiger partial charge < -0.3 is 0 Å². The van der Waals surface area contributed by atoms with Gasteiger partial charge in [-0.3, -0.25) is 9.36 Å². The van der Waals surface area contributed by atoms with Gasteiger partial charge >= 0.3 is 0 Å². The number of halogens is 3. The van der Waals surface area contributed by atoms with E-state index in [9.17, 15) is 13.6 Å². The molecular weight excluding hydrogens is 408 g/mol. The molecule has 2 aromatic carbocycles. The number of fused-ring (bicyclic) bond motifs is 1. The smallest absolute Gasteiger partial charge is 0.283 e. The van der Waals surface area contributed by atoms with Crippen molar-refractivity contribution in [1.29, 1.82) is 0 Å². The molecule has 0 aliphatic heterocycles. The van der Waals surface area contributed by atoms with Gasteiger partial charge in [0.15, 0.2) is 17.0 Å². The number of rotatable bonds is 3. The Morgan fingerprint density at radius 1 is 1.08 bits per heavy atom. The highest BCUT2D eigenvalue weighted by atomic mass is 79.9. The maximum Gasteiger partial charge on any atom is 0.283 e. The second kappa shape index (κ2) is 6.41. The van der Waals surface area contributed by atoms with Crippen molar-refractivity contribution in [2.45, 2.75) is 6.54 Å². The Morgan fingerprint density at radius 3 is 2.58 bits per heavy atom. The molecule has 6 nitrogen and oxygen atoms in total. The Labute approximate surface area is 153 Å². The van der Waals surface area contributed by atoms with Crippen LogP contribution in [0.4, 0.5) is 8.78 Å². The van der Waals surface area contributed by atoms with Gasteiger partial charge in [-0.15, -0.1) is 5.10 Å². The number of hydrogen-bond donors (Lipinski definition) is 0. The van der Waals surface area contributed by atoms with Crippen molar-refractivity contribution in [3.05, 3.63) is 80.8 Å². The van der Waals surface area contributed by atoms with Gasteiger partial charge in [0.2, 0.25) is 0 Å². The summed E-state index contributed by atoms with van der Waals surface area (Å²) >= 11 is 3.36. The fraction of sp³-hybridized carbons (Fsp3) is 0.0588. The fourth-order valence-corrected chi connectivity index (χ4v) is 2.82. The van der Waals surface area contributed by atoms with E-state index >= 15 is 0 Å². The van der Waals surface area contributed by atoms with Crippen molar-refractivity contribution in [3.8, 4) is 5.69 Å². The minimum atomic E-state index is -0.822. The molecular formula is C17H10BrF2N5O. The molecule has 2 heterocycles. The van der Waals surface area contributed by atoms with E-state index in [4.69, 9.17) is 0 Å². The maximum atomic E-state index is 14.0. The standard InChI is InChI=1S/C17H10BrF2N5O/c18-11-3-1-10(2-4-11)8-24-9-21-16-15(17(24)26)22-23-25(16)14-6-5-12(19)7-13(14)20/h1-7,9H,8H2. The Morgan fingerprint density at radius 2 is 1.85 bits per heavy atom. The third kappa shape index (κ3) is 2.90. The molecule has 0 saturated heterocycles. The summed E-state index contributed by atoms with van der Waals surface area (Å²) in [5, 5.41) is 7.62. The maximum absolute atomic E-state index is 14.0. The first kappa shape index (κ1) is 16.5. The van der Waals surface area contributed by atoms with Crippen LogP contribution < -0.4 is 5.56 Å². The summed E-state index contributed by atoms with van der Waals surface area (Å²) in [6.45, 7) is 0.312. The average Bonchev–Trinajstić information content (AvgIpc) is 3.04. The van der Waals surface area contributed by atoms with Crippen LogP contribution in [0.1, 0.15) is 5.56 Å². The van der Waals surface area contributed by atoms with Crippen molar-refractivity contribution >= 4 is 27.1 Å². The molecule has 0 atom stereocenters. The van der Waals surface area contributed by atoms with Crippen LogP contribution in [0.25, 0.3) is 16.9 Å². The van der Waals surface area contributed by atoms with Crippen molar-refractivity contribution in [2.24, 2.45) is 0 Å². The summed E-state index contributed by atoms with van der Waals surface area (Å²) in [6.07, 6.45) is 1.36. The van der Waals surface area contributed by atoms with E-state index in [2.05, 4.69) is 31.2 Å². The molecule has 0 bridgehead atoms. The van der Waals surface area contributed by atoms with Crippen LogP contribution in [0.15, 0.2) is 58.1 Å². The highest BCUT2D eigenvalue weighted by Crippen LogP contribution is 2.17. The first-order valence-electron chi connectivity index (χ1n) is 7.53. The highest BCUT2D eigenvalue weighted by Gasteiger charge is 2.16. The minimum Gasteiger partial charge on any atom is -0.293 e. The van der Waals surface area contributed by atoms with Gasteiger partial charge in [-0.1, -0.05) is 33.3 Å². The molecule has 0 N–H and O–H groups in total. The van der Waals surface area contributed by atoms with Crippen molar-refractivity contribution in [2.75, 3.05) is 0 Å². The predicted molar refractivity (Wildman–Crippen MR) is 94.1 cm³/mol. The van der Waals surface area contributed by atoms with Gasteiger partial charge in [-0.2, -0.15) is 4.68 Å². The van der Waals surface area contributed by atoms with E-state index in [-0.39, 0.29) is 16.9 Å². The molecule has 0 fully saturated rings. The Kier molecular flexibility index (Phi) is 4.08. The molecule has 26 heavy (non-hydrogen) atoms. The number of benzene rings is 2. The highest BCUT2D eigenvalue weighted by molar-refractivity contribution is 9.10. The lowest BCUT2D eigenvalue weighted by molar-refractivity contribution is 0.573. The molecule has 0 amide bonds. The normalized spacial score (nSPS) is 11.2. The van der Waals surface area contributed by atoms with E-state index in [1.165, 1.54) is 17.0 Å². The number of aromatic nitrogens is 5. The SMILES string of the molecule is O=c1c2nnn(-c3ccc(F)cc3F)c2ncn1Cc1ccc(Br)cc1. The van der Waals surface area contributed by atoms with Crippen LogP contribution in [0.2, 0.25) is 0 Å². The van der Waals surface area contributed by atoms with Crippen LogP contribution in [-0.2, 0) is 6.54 Å². The molecule has 4 rings (SSSR count). The van der Waals surface area contributed by atoms with Gasteiger partial charge in [0.1, 0.15) is 17.8 Å². The number of nitrogens with zero attached hydrogens (tertiary/aromatic N) is 5. The van der Waals surface area contributed by atoms with E-state index < -0.39 is 17.2 Å². The lowest BCUT2D eigenvalue weighted by Crippen LogP contribution is -2.21. The molecule has 0 radical (unpaired) electrons. The summed E-state index contributed by atoms with van der Waals surface area (Å²) in [4.78, 5) is 16.8. The minimum absolute atomic E-state index is 0.00772. The second-order valence-electron chi connectivity index (χ2n) is 5.57. The molecule has 4 aromatic rings. The molecule has 0 saturated carbocycles. The summed E-state index contributed by atoms with van der Waals surface area (Å²) in [5.74, 6) is -1.53. The van der Waals surface area contributed by atoms with Crippen molar-refractivity contribution in [1.82, 2.24) is 24.5 Å². The first-order valence-corrected chi connectivity index (χ1v) is 8.33. The molecule has 130 valence electrons. The molecule has 0 unspecified atom stereocenters. The van der Waals surface area contributed by atoms with Gasteiger partial charge in [-0.25, -0.2) is 13.8 Å². The monoisotopic (exact) mass is 417 g/mol. The Balaban J connectivity index is 1.78. The van der Waals surface area contributed by atoms with Crippen LogP contribution in [0, 0.1) is 11.6 Å². The fourth-order valence-electron chi connectivity index (χ4n) is 2.56.